The summed E-state index contributed by atoms with van der Waals surface area (Å²) in [5.41, 5.74) is 0.770. The molecular weight excluding hydrogens is 292 g/mol. The van der Waals surface area contributed by atoms with Crippen LogP contribution in [0.2, 0.25) is 0 Å². The first-order valence-electron chi connectivity index (χ1n) is 6.36. The van der Waals surface area contributed by atoms with Gasteiger partial charge in [-0.15, -0.1) is 22.7 Å². The van der Waals surface area contributed by atoms with Crippen LogP contribution in [0.3, 0.4) is 0 Å². The number of thiazole rings is 1. The van der Waals surface area contributed by atoms with E-state index in [4.69, 9.17) is 0 Å². The lowest BCUT2D eigenvalue weighted by atomic mass is 10.2. The Bertz CT molecular complexity index is 551. The molecule has 1 unspecified atom stereocenters. The standard InChI is InChI=1S/C14H18N2O2S2/c1-10(7-12-5-4-6-19-12)16(2)14-15-11(9-20-14)8-13(17)18-3/h4-6,9-10H,7-8H2,1-3H3. The van der Waals surface area contributed by atoms with Gasteiger partial charge in [-0.25, -0.2) is 4.98 Å². The summed E-state index contributed by atoms with van der Waals surface area (Å²) in [4.78, 5) is 19.3. The number of hydrogen-bond donors (Lipinski definition) is 0. The quantitative estimate of drug-likeness (QED) is 0.769. The number of carbonyl (C=O) groups excluding carboxylic acids is 1. The minimum absolute atomic E-state index is 0.236. The molecule has 2 heterocycles. The highest BCUT2D eigenvalue weighted by Crippen LogP contribution is 2.23. The number of nitrogens with zero attached hydrogens (tertiary/aromatic N) is 2. The smallest absolute Gasteiger partial charge is 0.311 e. The molecule has 0 aliphatic heterocycles. The zero-order chi connectivity index (χ0) is 14.5. The predicted molar refractivity (Wildman–Crippen MR) is 83.7 cm³/mol. The molecule has 2 aromatic heterocycles. The first kappa shape index (κ1) is 15.0. The van der Waals surface area contributed by atoms with Gasteiger partial charge >= 0.3 is 5.97 Å². The molecule has 2 rings (SSSR count). The molecule has 0 aliphatic rings. The topological polar surface area (TPSA) is 42.4 Å². The average Bonchev–Trinajstić information content (AvgIpc) is 3.09. The Morgan fingerprint density at radius 3 is 2.95 bits per heavy atom. The number of aromatic nitrogens is 1. The van der Waals surface area contributed by atoms with Gasteiger partial charge in [-0.1, -0.05) is 6.07 Å². The lowest BCUT2D eigenvalue weighted by Crippen LogP contribution is -2.30. The summed E-state index contributed by atoms with van der Waals surface area (Å²) >= 11 is 3.34. The van der Waals surface area contributed by atoms with Crippen molar-refractivity contribution < 1.29 is 9.53 Å². The lowest BCUT2D eigenvalue weighted by molar-refractivity contribution is -0.139. The molecule has 0 amide bonds. The molecule has 0 bridgehead atoms. The third-order valence-electron chi connectivity index (χ3n) is 3.13. The van der Waals surface area contributed by atoms with Crippen LogP contribution in [0.5, 0.6) is 0 Å². The van der Waals surface area contributed by atoms with Crippen molar-refractivity contribution in [1.82, 2.24) is 4.98 Å². The van der Waals surface area contributed by atoms with E-state index in [2.05, 4.69) is 39.1 Å². The van der Waals surface area contributed by atoms with Crippen molar-refractivity contribution in [2.75, 3.05) is 19.1 Å². The lowest BCUT2D eigenvalue weighted by Gasteiger charge is -2.23. The fourth-order valence-electron chi connectivity index (χ4n) is 1.80. The third kappa shape index (κ3) is 3.80. The van der Waals surface area contributed by atoms with Gasteiger partial charge in [-0.3, -0.25) is 4.79 Å². The number of thiophene rings is 1. The Morgan fingerprint density at radius 2 is 2.30 bits per heavy atom. The van der Waals surface area contributed by atoms with Crippen LogP contribution in [-0.2, 0) is 22.4 Å². The monoisotopic (exact) mass is 310 g/mol. The SMILES string of the molecule is COC(=O)Cc1csc(N(C)C(C)Cc2cccs2)n1. The van der Waals surface area contributed by atoms with Crippen LogP contribution in [0.15, 0.2) is 22.9 Å². The first-order valence-corrected chi connectivity index (χ1v) is 8.12. The summed E-state index contributed by atoms with van der Waals surface area (Å²) in [5.74, 6) is -0.254. The van der Waals surface area contributed by atoms with Gasteiger partial charge in [0.15, 0.2) is 5.13 Å². The van der Waals surface area contributed by atoms with Crippen molar-refractivity contribution >= 4 is 33.8 Å². The van der Waals surface area contributed by atoms with Crippen molar-refractivity contribution in [2.45, 2.75) is 25.8 Å². The van der Waals surface area contributed by atoms with Crippen LogP contribution in [0, 0.1) is 0 Å². The maximum Gasteiger partial charge on any atom is 0.311 e. The zero-order valence-electron chi connectivity index (χ0n) is 11.8. The van der Waals surface area contributed by atoms with Crippen molar-refractivity contribution in [1.29, 1.82) is 0 Å². The zero-order valence-corrected chi connectivity index (χ0v) is 13.5. The Morgan fingerprint density at radius 1 is 1.50 bits per heavy atom. The molecule has 0 spiro atoms. The molecule has 1 atom stereocenters. The molecule has 2 aromatic rings. The number of methoxy groups -OCH3 is 1. The molecule has 0 radical (unpaired) electrons. The number of ether oxygens (including phenoxy) is 1. The van der Waals surface area contributed by atoms with E-state index >= 15 is 0 Å². The summed E-state index contributed by atoms with van der Waals surface area (Å²) in [6.07, 6.45) is 1.24. The predicted octanol–water partition coefficient (Wildman–Crippen LogP) is 2.99. The molecular formula is C14H18N2O2S2. The van der Waals surface area contributed by atoms with Crippen LogP contribution in [0.4, 0.5) is 5.13 Å². The van der Waals surface area contributed by atoms with Gasteiger partial charge in [0.25, 0.3) is 0 Å². The van der Waals surface area contributed by atoms with Gasteiger partial charge in [-0.05, 0) is 18.4 Å². The summed E-state index contributed by atoms with van der Waals surface area (Å²) in [6.45, 7) is 2.18. The van der Waals surface area contributed by atoms with E-state index in [1.54, 1.807) is 22.7 Å². The number of carbonyl (C=O) groups is 1. The van der Waals surface area contributed by atoms with Crippen molar-refractivity contribution in [3.63, 3.8) is 0 Å². The average molecular weight is 310 g/mol. The van der Waals surface area contributed by atoms with Crippen molar-refractivity contribution in [3.05, 3.63) is 33.5 Å². The Labute approximate surface area is 127 Å². The molecule has 4 nitrogen and oxygen atoms in total. The normalized spacial score (nSPS) is 12.2. The Hall–Kier alpha value is -1.40. The maximum atomic E-state index is 11.2. The van der Waals surface area contributed by atoms with Crippen LogP contribution >= 0.6 is 22.7 Å². The molecule has 0 aromatic carbocycles. The number of esters is 1. The molecule has 6 heteroatoms. The molecule has 108 valence electrons. The van der Waals surface area contributed by atoms with Crippen LogP contribution < -0.4 is 4.90 Å². The summed E-state index contributed by atoms with van der Waals surface area (Å²) in [7, 11) is 3.43. The van der Waals surface area contributed by atoms with Gasteiger partial charge < -0.3 is 9.64 Å². The van der Waals surface area contributed by atoms with Gasteiger partial charge in [-0.2, -0.15) is 0 Å². The molecule has 20 heavy (non-hydrogen) atoms. The Balaban J connectivity index is 1.98. The minimum atomic E-state index is -0.254. The van der Waals surface area contributed by atoms with Crippen molar-refractivity contribution in [3.8, 4) is 0 Å². The van der Waals surface area contributed by atoms with E-state index in [0.717, 1.165) is 17.2 Å². The van der Waals surface area contributed by atoms with Crippen molar-refractivity contribution in [2.24, 2.45) is 0 Å². The second-order valence-corrected chi connectivity index (χ2v) is 6.49. The van der Waals surface area contributed by atoms with E-state index in [9.17, 15) is 4.79 Å². The van der Waals surface area contributed by atoms with E-state index in [1.165, 1.54) is 12.0 Å². The fraction of sp³-hybridized carbons (Fsp3) is 0.429. The second kappa shape index (κ2) is 6.85. The van der Waals surface area contributed by atoms with Gasteiger partial charge in [0.1, 0.15) is 0 Å². The van der Waals surface area contributed by atoms with Gasteiger partial charge in [0, 0.05) is 29.8 Å². The van der Waals surface area contributed by atoms with E-state index < -0.39 is 0 Å². The third-order valence-corrected chi connectivity index (χ3v) is 5.01. The van der Waals surface area contributed by atoms with Gasteiger partial charge in [0.2, 0.25) is 0 Å². The molecule has 0 saturated carbocycles. The minimum Gasteiger partial charge on any atom is -0.469 e. The summed E-state index contributed by atoms with van der Waals surface area (Å²) in [5, 5.41) is 4.95. The molecule has 0 N–H and O–H groups in total. The number of rotatable bonds is 6. The molecule has 0 fully saturated rings. The van der Waals surface area contributed by atoms with E-state index in [0.29, 0.717) is 6.04 Å². The Kier molecular flexibility index (Phi) is 5.14. The van der Waals surface area contributed by atoms with Crippen LogP contribution in [0.25, 0.3) is 0 Å². The highest BCUT2D eigenvalue weighted by atomic mass is 32.1. The number of anilines is 1. The summed E-state index contributed by atoms with van der Waals surface area (Å²) in [6, 6.07) is 4.59. The number of hydrogen-bond acceptors (Lipinski definition) is 6. The van der Waals surface area contributed by atoms with E-state index in [-0.39, 0.29) is 12.4 Å². The van der Waals surface area contributed by atoms with Gasteiger partial charge in [0.05, 0.1) is 19.2 Å². The molecule has 0 aliphatic carbocycles. The maximum absolute atomic E-state index is 11.2. The van der Waals surface area contributed by atoms with E-state index in [1.807, 2.05) is 12.4 Å². The second-order valence-electron chi connectivity index (χ2n) is 4.62. The van der Waals surface area contributed by atoms with Crippen LogP contribution in [-0.4, -0.2) is 31.2 Å². The highest BCUT2D eigenvalue weighted by Gasteiger charge is 2.15. The van der Waals surface area contributed by atoms with Crippen LogP contribution in [0.1, 0.15) is 17.5 Å². The molecule has 0 saturated heterocycles. The first-order chi connectivity index (χ1) is 9.60. The fourth-order valence-corrected chi connectivity index (χ4v) is 3.53. The number of likely N-dealkylation sites (N-methyl/N-ethyl adjacent to an activating group) is 1. The summed E-state index contributed by atoms with van der Waals surface area (Å²) < 4.78 is 4.65. The highest BCUT2D eigenvalue weighted by molar-refractivity contribution is 7.13. The largest absolute Gasteiger partial charge is 0.469 e.